The van der Waals surface area contributed by atoms with Crippen LogP contribution in [0.5, 0.6) is 0 Å². The molecule has 0 bridgehead atoms. The van der Waals surface area contributed by atoms with Crippen LogP contribution in [0.3, 0.4) is 0 Å². The summed E-state index contributed by atoms with van der Waals surface area (Å²) < 4.78 is 0. The van der Waals surface area contributed by atoms with Gasteiger partial charge in [-0.3, -0.25) is 0 Å². The minimum absolute atomic E-state index is 0.922. The normalized spacial score (nSPS) is 13.5. The molecule has 0 N–H and O–H groups in total. The Labute approximate surface area is 118 Å². The molecule has 0 radical (unpaired) electrons. The van der Waals surface area contributed by atoms with Gasteiger partial charge in [-0.25, -0.2) is 0 Å². The molecular formula is C19H15N. The van der Waals surface area contributed by atoms with E-state index in [4.69, 9.17) is 0 Å². The summed E-state index contributed by atoms with van der Waals surface area (Å²) in [5.74, 6) is 0. The summed E-state index contributed by atoms with van der Waals surface area (Å²) in [6.07, 6.45) is 4.43. The first-order chi connectivity index (χ1) is 9.93. The van der Waals surface area contributed by atoms with Crippen molar-refractivity contribution < 1.29 is 0 Å². The first-order valence-corrected chi connectivity index (χ1v) is 6.94. The average molecular weight is 257 g/mol. The Morgan fingerprint density at radius 1 is 0.700 bits per heavy atom. The number of benzene rings is 3. The van der Waals surface area contributed by atoms with Gasteiger partial charge in [-0.05, 0) is 23.1 Å². The molecule has 0 atom stereocenters. The second-order valence-corrected chi connectivity index (χ2v) is 5.07. The molecule has 20 heavy (non-hydrogen) atoms. The summed E-state index contributed by atoms with van der Waals surface area (Å²) in [5, 5.41) is 2.59. The molecule has 1 nitrogen and oxygen atoms in total. The molecule has 3 aromatic rings. The quantitative estimate of drug-likeness (QED) is 0.592. The van der Waals surface area contributed by atoms with Crippen LogP contribution in [-0.2, 0) is 0 Å². The van der Waals surface area contributed by atoms with Crippen molar-refractivity contribution in [1.82, 2.24) is 0 Å². The van der Waals surface area contributed by atoms with Crippen molar-refractivity contribution in [2.24, 2.45) is 0 Å². The van der Waals surface area contributed by atoms with E-state index in [-0.39, 0.29) is 0 Å². The number of anilines is 2. The van der Waals surface area contributed by atoms with Gasteiger partial charge in [0.2, 0.25) is 0 Å². The molecule has 1 heterocycles. The highest BCUT2D eigenvalue weighted by molar-refractivity contribution is 5.97. The molecule has 0 unspecified atom stereocenters. The van der Waals surface area contributed by atoms with Gasteiger partial charge in [-0.1, -0.05) is 66.7 Å². The SMILES string of the molecule is C1=Cc2ccccc2N(c2cccc3ccccc23)C1. The molecule has 3 aromatic carbocycles. The van der Waals surface area contributed by atoms with Crippen molar-refractivity contribution in [2.45, 2.75) is 0 Å². The molecule has 0 saturated heterocycles. The largest absolute Gasteiger partial charge is 0.337 e. The standard InChI is InChI=1S/C19H15N/c1-3-11-17-15(7-1)9-5-13-19(17)20-14-6-10-16-8-2-4-12-18(16)20/h1-13H,14H2. The number of para-hydroxylation sites is 1. The van der Waals surface area contributed by atoms with E-state index in [1.807, 2.05) is 0 Å². The third-order valence-corrected chi connectivity index (χ3v) is 3.87. The van der Waals surface area contributed by atoms with E-state index in [9.17, 15) is 0 Å². The van der Waals surface area contributed by atoms with Crippen LogP contribution < -0.4 is 4.90 Å². The zero-order valence-electron chi connectivity index (χ0n) is 11.2. The van der Waals surface area contributed by atoms with Crippen molar-refractivity contribution in [3.63, 3.8) is 0 Å². The van der Waals surface area contributed by atoms with Crippen molar-refractivity contribution in [3.8, 4) is 0 Å². The number of hydrogen-bond acceptors (Lipinski definition) is 1. The van der Waals surface area contributed by atoms with Crippen LogP contribution >= 0.6 is 0 Å². The predicted octanol–water partition coefficient (Wildman–Crippen LogP) is 5.00. The molecule has 0 amide bonds. The van der Waals surface area contributed by atoms with E-state index in [0.717, 1.165) is 6.54 Å². The summed E-state index contributed by atoms with van der Waals surface area (Å²) in [4.78, 5) is 2.39. The third-order valence-electron chi connectivity index (χ3n) is 3.87. The highest BCUT2D eigenvalue weighted by Gasteiger charge is 2.15. The highest BCUT2D eigenvalue weighted by Crippen LogP contribution is 2.36. The molecule has 0 spiro atoms. The number of hydrogen-bond donors (Lipinski definition) is 0. The summed E-state index contributed by atoms with van der Waals surface area (Å²) in [5.41, 5.74) is 3.85. The Kier molecular flexibility index (Phi) is 2.56. The topological polar surface area (TPSA) is 3.24 Å². The lowest BCUT2D eigenvalue weighted by Gasteiger charge is -2.29. The van der Waals surface area contributed by atoms with E-state index in [0.29, 0.717) is 0 Å². The summed E-state index contributed by atoms with van der Waals surface area (Å²) in [6.45, 7) is 0.922. The van der Waals surface area contributed by atoms with E-state index >= 15 is 0 Å². The van der Waals surface area contributed by atoms with Crippen molar-refractivity contribution in [1.29, 1.82) is 0 Å². The van der Waals surface area contributed by atoms with Crippen molar-refractivity contribution in [2.75, 3.05) is 11.4 Å². The van der Waals surface area contributed by atoms with Crippen LogP contribution in [0.25, 0.3) is 16.8 Å². The molecular weight excluding hydrogens is 242 g/mol. The van der Waals surface area contributed by atoms with Gasteiger partial charge in [-0.15, -0.1) is 0 Å². The minimum atomic E-state index is 0.922. The molecule has 1 aliphatic heterocycles. The van der Waals surface area contributed by atoms with Gasteiger partial charge in [0.15, 0.2) is 0 Å². The van der Waals surface area contributed by atoms with Crippen molar-refractivity contribution >= 4 is 28.2 Å². The molecule has 1 aliphatic rings. The molecule has 96 valence electrons. The van der Waals surface area contributed by atoms with E-state index < -0.39 is 0 Å². The zero-order chi connectivity index (χ0) is 13.4. The van der Waals surface area contributed by atoms with Crippen LogP contribution in [-0.4, -0.2) is 6.54 Å². The fourth-order valence-electron chi connectivity index (χ4n) is 2.93. The maximum absolute atomic E-state index is 2.39. The number of nitrogens with zero attached hydrogens (tertiary/aromatic N) is 1. The van der Waals surface area contributed by atoms with Gasteiger partial charge in [0, 0.05) is 23.3 Å². The second-order valence-electron chi connectivity index (χ2n) is 5.07. The maximum atomic E-state index is 2.39. The summed E-state index contributed by atoms with van der Waals surface area (Å²) in [6, 6.07) is 23.7. The monoisotopic (exact) mass is 257 g/mol. The lowest BCUT2D eigenvalue weighted by Crippen LogP contribution is -2.20. The Hall–Kier alpha value is -2.54. The molecule has 0 aromatic heterocycles. The van der Waals surface area contributed by atoms with Gasteiger partial charge in [0.1, 0.15) is 0 Å². The number of fused-ring (bicyclic) bond motifs is 2. The van der Waals surface area contributed by atoms with Crippen LogP contribution in [0.2, 0.25) is 0 Å². The first kappa shape index (κ1) is 11.3. The van der Waals surface area contributed by atoms with E-state index in [2.05, 4.69) is 83.8 Å². The summed E-state index contributed by atoms with van der Waals surface area (Å²) >= 11 is 0. The fraction of sp³-hybridized carbons (Fsp3) is 0.0526. The average Bonchev–Trinajstić information content (AvgIpc) is 2.54. The molecule has 0 saturated carbocycles. The molecule has 0 fully saturated rings. The third kappa shape index (κ3) is 1.71. The maximum Gasteiger partial charge on any atom is 0.0493 e. The van der Waals surface area contributed by atoms with Gasteiger partial charge < -0.3 is 4.90 Å². The van der Waals surface area contributed by atoms with Crippen LogP contribution in [0, 0.1) is 0 Å². The lowest BCUT2D eigenvalue weighted by molar-refractivity contribution is 1.09. The van der Waals surface area contributed by atoms with Gasteiger partial charge in [0.25, 0.3) is 0 Å². The minimum Gasteiger partial charge on any atom is -0.337 e. The van der Waals surface area contributed by atoms with E-state index in [1.54, 1.807) is 0 Å². The number of rotatable bonds is 1. The van der Waals surface area contributed by atoms with Crippen LogP contribution in [0.1, 0.15) is 5.56 Å². The van der Waals surface area contributed by atoms with Gasteiger partial charge >= 0.3 is 0 Å². The Balaban J connectivity index is 1.95. The second kappa shape index (κ2) is 4.53. The Bertz CT molecular complexity index is 796. The fourth-order valence-corrected chi connectivity index (χ4v) is 2.93. The van der Waals surface area contributed by atoms with E-state index in [1.165, 1.54) is 27.7 Å². The van der Waals surface area contributed by atoms with Crippen molar-refractivity contribution in [3.05, 3.63) is 78.4 Å². The smallest absolute Gasteiger partial charge is 0.0493 e. The molecule has 4 rings (SSSR count). The van der Waals surface area contributed by atoms with Gasteiger partial charge in [-0.2, -0.15) is 0 Å². The first-order valence-electron chi connectivity index (χ1n) is 6.94. The molecule has 1 heteroatoms. The predicted molar refractivity (Wildman–Crippen MR) is 86.4 cm³/mol. The Morgan fingerprint density at radius 3 is 2.45 bits per heavy atom. The Morgan fingerprint density at radius 2 is 1.45 bits per heavy atom. The lowest BCUT2D eigenvalue weighted by atomic mass is 10.0. The summed E-state index contributed by atoms with van der Waals surface area (Å²) in [7, 11) is 0. The van der Waals surface area contributed by atoms with Crippen LogP contribution in [0.4, 0.5) is 11.4 Å². The van der Waals surface area contributed by atoms with Gasteiger partial charge in [0.05, 0.1) is 0 Å². The highest BCUT2D eigenvalue weighted by atomic mass is 15.1. The van der Waals surface area contributed by atoms with Crippen LogP contribution in [0.15, 0.2) is 72.8 Å². The zero-order valence-corrected chi connectivity index (χ0v) is 11.2. The molecule has 0 aliphatic carbocycles.